The molecule has 0 bridgehead atoms. The standard InChI is InChI=1S/C23H20N4O3/c1-30-20-12-10-17(11-13-20)15-21(26-22(28)18-7-3-2-4-8-18)23(29)27-25-16-19-9-5-6-14-24-19/h2-16H,1H3,(H,26,28)(H,27,29)/b21-15-,25-16+. The van der Waals surface area contributed by atoms with Gasteiger partial charge in [-0.1, -0.05) is 36.4 Å². The van der Waals surface area contributed by atoms with Crippen molar-refractivity contribution in [2.24, 2.45) is 5.10 Å². The Labute approximate surface area is 174 Å². The number of hydrogen-bond donors (Lipinski definition) is 2. The van der Waals surface area contributed by atoms with Crippen LogP contribution in [0.15, 0.2) is 89.8 Å². The Kier molecular flexibility index (Phi) is 7.05. The number of methoxy groups -OCH3 is 1. The van der Waals surface area contributed by atoms with Crippen molar-refractivity contribution < 1.29 is 14.3 Å². The molecular weight excluding hydrogens is 380 g/mol. The number of ether oxygens (including phenoxy) is 1. The fourth-order valence-electron chi connectivity index (χ4n) is 2.48. The van der Waals surface area contributed by atoms with Gasteiger partial charge >= 0.3 is 0 Å². The second-order valence-corrected chi connectivity index (χ2v) is 6.11. The molecule has 3 aromatic rings. The van der Waals surface area contributed by atoms with E-state index in [9.17, 15) is 9.59 Å². The number of hydrogen-bond acceptors (Lipinski definition) is 5. The van der Waals surface area contributed by atoms with Gasteiger partial charge in [0.1, 0.15) is 11.4 Å². The maximum absolute atomic E-state index is 12.7. The Balaban J connectivity index is 1.80. The van der Waals surface area contributed by atoms with E-state index in [0.717, 1.165) is 0 Å². The highest BCUT2D eigenvalue weighted by Gasteiger charge is 2.14. The van der Waals surface area contributed by atoms with Crippen LogP contribution in [-0.2, 0) is 4.79 Å². The average Bonchev–Trinajstić information content (AvgIpc) is 2.80. The molecule has 0 saturated carbocycles. The van der Waals surface area contributed by atoms with Crippen LogP contribution >= 0.6 is 0 Å². The van der Waals surface area contributed by atoms with Crippen LogP contribution in [0.3, 0.4) is 0 Å². The topological polar surface area (TPSA) is 92.7 Å². The molecule has 0 saturated heterocycles. The van der Waals surface area contributed by atoms with Gasteiger partial charge in [-0.05, 0) is 48.0 Å². The molecule has 0 radical (unpaired) electrons. The Morgan fingerprint density at radius 3 is 2.37 bits per heavy atom. The lowest BCUT2D eigenvalue weighted by molar-refractivity contribution is -0.117. The summed E-state index contributed by atoms with van der Waals surface area (Å²) in [6.07, 6.45) is 4.60. The summed E-state index contributed by atoms with van der Waals surface area (Å²) in [6.45, 7) is 0. The molecule has 2 N–H and O–H groups in total. The molecule has 0 atom stereocenters. The first-order valence-electron chi connectivity index (χ1n) is 9.12. The Bertz CT molecular complexity index is 1050. The summed E-state index contributed by atoms with van der Waals surface area (Å²) in [4.78, 5) is 29.3. The molecule has 1 heterocycles. The Morgan fingerprint density at radius 1 is 0.967 bits per heavy atom. The van der Waals surface area contributed by atoms with E-state index in [1.165, 1.54) is 6.21 Å². The van der Waals surface area contributed by atoms with E-state index in [0.29, 0.717) is 22.6 Å². The fourth-order valence-corrected chi connectivity index (χ4v) is 2.48. The number of hydrazone groups is 1. The summed E-state index contributed by atoms with van der Waals surface area (Å²) in [5, 5.41) is 6.56. The minimum Gasteiger partial charge on any atom is -0.497 e. The fraction of sp³-hybridized carbons (Fsp3) is 0.0435. The molecule has 0 aliphatic carbocycles. The lowest BCUT2D eigenvalue weighted by Crippen LogP contribution is -2.32. The van der Waals surface area contributed by atoms with Crippen LogP contribution in [0.25, 0.3) is 6.08 Å². The predicted octanol–water partition coefficient (Wildman–Crippen LogP) is 3.01. The second-order valence-electron chi connectivity index (χ2n) is 6.11. The first-order chi connectivity index (χ1) is 14.7. The van der Waals surface area contributed by atoms with Gasteiger partial charge < -0.3 is 10.1 Å². The average molecular weight is 400 g/mol. The van der Waals surface area contributed by atoms with Gasteiger partial charge in [0.15, 0.2) is 0 Å². The van der Waals surface area contributed by atoms with E-state index >= 15 is 0 Å². The molecule has 150 valence electrons. The number of carbonyl (C=O) groups excluding carboxylic acids is 2. The lowest BCUT2D eigenvalue weighted by atomic mass is 10.1. The van der Waals surface area contributed by atoms with Gasteiger partial charge in [0.2, 0.25) is 0 Å². The number of carbonyl (C=O) groups is 2. The molecule has 0 aliphatic heterocycles. The van der Waals surface area contributed by atoms with Crippen LogP contribution in [0.1, 0.15) is 21.6 Å². The van der Waals surface area contributed by atoms with Crippen molar-refractivity contribution in [1.82, 2.24) is 15.7 Å². The number of pyridine rings is 1. The maximum Gasteiger partial charge on any atom is 0.287 e. The van der Waals surface area contributed by atoms with Crippen LogP contribution in [-0.4, -0.2) is 30.1 Å². The maximum atomic E-state index is 12.7. The summed E-state index contributed by atoms with van der Waals surface area (Å²) in [5.41, 5.74) is 4.20. The zero-order chi connectivity index (χ0) is 21.2. The predicted molar refractivity (Wildman–Crippen MR) is 115 cm³/mol. The van der Waals surface area contributed by atoms with Gasteiger partial charge in [0.25, 0.3) is 11.8 Å². The van der Waals surface area contributed by atoms with E-state index in [2.05, 4.69) is 20.8 Å². The molecule has 0 aliphatic rings. The molecule has 7 heteroatoms. The molecule has 2 amide bonds. The first-order valence-corrected chi connectivity index (χ1v) is 9.12. The van der Waals surface area contributed by atoms with Crippen LogP contribution in [0, 0.1) is 0 Å². The molecule has 0 unspecified atom stereocenters. The molecule has 1 aromatic heterocycles. The van der Waals surface area contributed by atoms with E-state index in [1.54, 1.807) is 80.0 Å². The third-order valence-electron chi connectivity index (χ3n) is 4.01. The Morgan fingerprint density at radius 2 is 1.70 bits per heavy atom. The summed E-state index contributed by atoms with van der Waals surface area (Å²) in [6, 6.07) is 21.1. The van der Waals surface area contributed by atoms with E-state index in [4.69, 9.17) is 4.74 Å². The molecule has 0 spiro atoms. The minimum absolute atomic E-state index is 0.0483. The molecule has 30 heavy (non-hydrogen) atoms. The van der Waals surface area contributed by atoms with Crippen molar-refractivity contribution in [3.8, 4) is 5.75 Å². The zero-order valence-electron chi connectivity index (χ0n) is 16.3. The largest absolute Gasteiger partial charge is 0.497 e. The van der Waals surface area contributed by atoms with Gasteiger partial charge in [-0.15, -0.1) is 0 Å². The molecule has 7 nitrogen and oxygen atoms in total. The molecular formula is C23H20N4O3. The monoisotopic (exact) mass is 400 g/mol. The summed E-state index contributed by atoms with van der Waals surface area (Å²) in [5.74, 6) is -0.284. The van der Waals surface area contributed by atoms with Crippen LogP contribution in [0.4, 0.5) is 0 Å². The SMILES string of the molecule is COc1ccc(/C=C(\NC(=O)c2ccccc2)C(=O)N/N=C/c2ccccn2)cc1. The van der Waals surface area contributed by atoms with Crippen molar-refractivity contribution in [2.45, 2.75) is 0 Å². The van der Waals surface area contributed by atoms with Gasteiger partial charge in [-0.3, -0.25) is 14.6 Å². The van der Waals surface area contributed by atoms with E-state index in [1.807, 2.05) is 12.1 Å². The third kappa shape index (κ3) is 5.87. The highest BCUT2D eigenvalue weighted by molar-refractivity contribution is 6.05. The number of aromatic nitrogens is 1. The van der Waals surface area contributed by atoms with Crippen LogP contribution < -0.4 is 15.5 Å². The highest BCUT2D eigenvalue weighted by atomic mass is 16.5. The number of benzene rings is 2. The Hall–Kier alpha value is -4.26. The van der Waals surface area contributed by atoms with Crippen molar-refractivity contribution in [1.29, 1.82) is 0 Å². The summed E-state index contributed by atoms with van der Waals surface area (Å²) >= 11 is 0. The molecule has 0 fully saturated rings. The van der Waals surface area contributed by atoms with E-state index < -0.39 is 11.8 Å². The van der Waals surface area contributed by atoms with Gasteiger partial charge in [-0.25, -0.2) is 5.43 Å². The molecule has 2 aromatic carbocycles. The smallest absolute Gasteiger partial charge is 0.287 e. The van der Waals surface area contributed by atoms with Crippen molar-refractivity contribution >= 4 is 24.1 Å². The number of nitrogens with one attached hydrogen (secondary N) is 2. The number of rotatable bonds is 7. The van der Waals surface area contributed by atoms with Crippen molar-refractivity contribution in [3.05, 3.63) is 102 Å². The van der Waals surface area contributed by atoms with Crippen LogP contribution in [0.2, 0.25) is 0 Å². The normalized spacial score (nSPS) is 11.2. The quantitative estimate of drug-likeness (QED) is 0.362. The first kappa shape index (κ1) is 20.5. The van der Waals surface area contributed by atoms with Gasteiger partial charge in [0, 0.05) is 11.8 Å². The van der Waals surface area contributed by atoms with Gasteiger partial charge in [-0.2, -0.15) is 5.10 Å². The number of nitrogens with zero attached hydrogens (tertiary/aromatic N) is 2. The number of amides is 2. The second kappa shape index (κ2) is 10.3. The van der Waals surface area contributed by atoms with Crippen molar-refractivity contribution in [2.75, 3.05) is 7.11 Å². The van der Waals surface area contributed by atoms with Gasteiger partial charge in [0.05, 0.1) is 19.0 Å². The molecule has 3 rings (SSSR count). The summed E-state index contributed by atoms with van der Waals surface area (Å²) in [7, 11) is 1.57. The zero-order valence-corrected chi connectivity index (χ0v) is 16.3. The van der Waals surface area contributed by atoms with Crippen molar-refractivity contribution in [3.63, 3.8) is 0 Å². The highest BCUT2D eigenvalue weighted by Crippen LogP contribution is 2.14. The van der Waals surface area contributed by atoms with E-state index in [-0.39, 0.29) is 5.70 Å². The summed E-state index contributed by atoms with van der Waals surface area (Å²) < 4.78 is 5.14. The lowest BCUT2D eigenvalue weighted by Gasteiger charge is -2.09. The third-order valence-corrected chi connectivity index (χ3v) is 4.01. The minimum atomic E-state index is -0.567. The van der Waals surface area contributed by atoms with Crippen LogP contribution in [0.5, 0.6) is 5.75 Å².